The number of nitrogens with zero attached hydrogens (tertiary/aromatic N) is 2. The SMILES string of the molecule is CCOC1Cc2ccccc2C1Nc1nc(CC)c(-c2ccc(OC)cc2C)nc1CC. The van der Waals surface area contributed by atoms with Gasteiger partial charge in [0.25, 0.3) is 0 Å². The zero-order chi connectivity index (χ0) is 22.7. The van der Waals surface area contributed by atoms with Gasteiger partial charge in [0.05, 0.1) is 36.3 Å². The second-order valence-corrected chi connectivity index (χ2v) is 8.22. The Morgan fingerprint density at radius 1 is 1.00 bits per heavy atom. The van der Waals surface area contributed by atoms with Crippen LogP contribution in [0.5, 0.6) is 5.75 Å². The highest BCUT2D eigenvalue weighted by atomic mass is 16.5. The molecule has 0 saturated heterocycles. The van der Waals surface area contributed by atoms with Gasteiger partial charge in [-0.15, -0.1) is 0 Å². The fraction of sp³-hybridized carbons (Fsp3) is 0.407. The van der Waals surface area contributed by atoms with E-state index in [-0.39, 0.29) is 12.1 Å². The molecule has 4 rings (SSSR count). The summed E-state index contributed by atoms with van der Waals surface area (Å²) in [7, 11) is 1.69. The van der Waals surface area contributed by atoms with Crippen LogP contribution in [0, 0.1) is 6.92 Å². The molecule has 0 aliphatic heterocycles. The van der Waals surface area contributed by atoms with Crippen molar-refractivity contribution >= 4 is 5.82 Å². The summed E-state index contributed by atoms with van der Waals surface area (Å²) in [5.41, 5.74) is 7.82. The number of ether oxygens (including phenoxy) is 2. The predicted molar refractivity (Wildman–Crippen MR) is 129 cm³/mol. The van der Waals surface area contributed by atoms with Crippen molar-refractivity contribution in [2.24, 2.45) is 0 Å². The molecule has 0 fully saturated rings. The van der Waals surface area contributed by atoms with Crippen LogP contribution in [0.1, 0.15) is 54.9 Å². The van der Waals surface area contributed by atoms with E-state index in [0.717, 1.165) is 59.0 Å². The lowest BCUT2D eigenvalue weighted by Gasteiger charge is -2.24. The van der Waals surface area contributed by atoms with Gasteiger partial charge in [-0.3, -0.25) is 0 Å². The Hall–Kier alpha value is -2.92. The molecular formula is C27H33N3O2. The van der Waals surface area contributed by atoms with E-state index in [1.54, 1.807) is 7.11 Å². The molecule has 2 unspecified atom stereocenters. The van der Waals surface area contributed by atoms with Gasteiger partial charge in [-0.1, -0.05) is 38.1 Å². The first-order chi connectivity index (χ1) is 15.6. The summed E-state index contributed by atoms with van der Waals surface area (Å²) in [6, 6.07) is 14.8. The van der Waals surface area contributed by atoms with E-state index < -0.39 is 0 Å². The van der Waals surface area contributed by atoms with Crippen molar-refractivity contribution in [2.45, 2.75) is 59.1 Å². The number of benzene rings is 2. The summed E-state index contributed by atoms with van der Waals surface area (Å²) < 4.78 is 11.5. The molecular weight excluding hydrogens is 398 g/mol. The molecule has 0 bridgehead atoms. The van der Waals surface area contributed by atoms with Crippen LogP contribution in [0.3, 0.4) is 0 Å². The molecule has 168 valence electrons. The van der Waals surface area contributed by atoms with Crippen LogP contribution in [0.15, 0.2) is 42.5 Å². The molecule has 1 N–H and O–H groups in total. The van der Waals surface area contributed by atoms with Gasteiger partial charge in [0, 0.05) is 18.6 Å². The first-order valence-corrected chi connectivity index (χ1v) is 11.6. The van der Waals surface area contributed by atoms with Gasteiger partial charge >= 0.3 is 0 Å². The topological polar surface area (TPSA) is 56.3 Å². The minimum atomic E-state index is 0.0732. The third-order valence-electron chi connectivity index (χ3n) is 6.25. The number of aryl methyl sites for hydroxylation is 3. The highest BCUT2D eigenvalue weighted by molar-refractivity contribution is 5.68. The van der Waals surface area contributed by atoms with Crippen LogP contribution in [-0.4, -0.2) is 29.8 Å². The van der Waals surface area contributed by atoms with Gasteiger partial charge in [0.15, 0.2) is 0 Å². The molecule has 1 heterocycles. The number of aromatic nitrogens is 2. The quantitative estimate of drug-likeness (QED) is 0.496. The smallest absolute Gasteiger partial charge is 0.148 e. The second-order valence-electron chi connectivity index (χ2n) is 8.22. The van der Waals surface area contributed by atoms with E-state index in [4.69, 9.17) is 19.4 Å². The van der Waals surface area contributed by atoms with E-state index in [9.17, 15) is 0 Å². The molecule has 5 heteroatoms. The zero-order valence-corrected chi connectivity index (χ0v) is 19.7. The van der Waals surface area contributed by atoms with E-state index in [2.05, 4.69) is 69.4 Å². The first-order valence-electron chi connectivity index (χ1n) is 11.6. The zero-order valence-electron chi connectivity index (χ0n) is 19.7. The summed E-state index contributed by atoms with van der Waals surface area (Å²) in [5, 5.41) is 3.72. The lowest BCUT2D eigenvalue weighted by atomic mass is 10.0. The Kier molecular flexibility index (Phi) is 6.75. The summed E-state index contributed by atoms with van der Waals surface area (Å²) in [5.74, 6) is 1.72. The van der Waals surface area contributed by atoms with Crippen LogP contribution in [0.2, 0.25) is 0 Å². The van der Waals surface area contributed by atoms with Crippen LogP contribution in [0.4, 0.5) is 5.82 Å². The van der Waals surface area contributed by atoms with Gasteiger partial charge in [-0.05, 0) is 61.6 Å². The Labute approximate surface area is 191 Å². The maximum atomic E-state index is 6.11. The van der Waals surface area contributed by atoms with Crippen LogP contribution in [0.25, 0.3) is 11.3 Å². The molecule has 32 heavy (non-hydrogen) atoms. The summed E-state index contributed by atoms with van der Waals surface area (Å²) in [6.45, 7) is 9.11. The highest BCUT2D eigenvalue weighted by Crippen LogP contribution is 2.37. The van der Waals surface area contributed by atoms with Crippen molar-refractivity contribution in [3.8, 4) is 17.0 Å². The molecule has 0 amide bonds. The maximum absolute atomic E-state index is 6.11. The molecule has 1 aromatic heterocycles. The second kappa shape index (κ2) is 9.70. The fourth-order valence-electron chi connectivity index (χ4n) is 4.60. The lowest BCUT2D eigenvalue weighted by Crippen LogP contribution is -2.26. The summed E-state index contributed by atoms with van der Waals surface area (Å²) in [4.78, 5) is 10.2. The number of fused-ring (bicyclic) bond motifs is 1. The Morgan fingerprint density at radius 3 is 2.47 bits per heavy atom. The fourth-order valence-corrected chi connectivity index (χ4v) is 4.60. The molecule has 0 saturated carbocycles. The van der Waals surface area contributed by atoms with Gasteiger partial charge in [0.2, 0.25) is 0 Å². The summed E-state index contributed by atoms with van der Waals surface area (Å²) >= 11 is 0. The third kappa shape index (κ3) is 4.22. The molecule has 5 nitrogen and oxygen atoms in total. The molecule has 0 spiro atoms. The minimum Gasteiger partial charge on any atom is -0.497 e. The molecule has 0 radical (unpaired) electrons. The molecule has 1 aliphatic carbocycles. The van der Waals surface area contributed by atoms with Crippen LogP contribution >= 0.6 is 0 Å². The molecule has 1 aliphatic rings. The van der Waals surface area contributed by atoms with Crippen LogP contribution in [-0.2, 0) is 24.0 Å². The number of rotatable bonds is 8. The van der Waals surface area contributed by atoms with E-state index in [1.807, 2.05) is 6.07 Å². The number of hydrogen-bond acceptors (Lipinski definition) is 5. The normalized spacial score (nSPS) is 17.3. The average Bonchev–Trinajstić information content (AvgIpc) is 3.16. The Morgan fingerprint density at radius 2 is 1.78 bits per heavy atom. The largest absolute Gasteiger partial charge is 0.497 e. The number of hydrogen-bond donors (Lipinski definition) is 1. The van der Waals surface area contributed by atoms with Crippen molar-refractivity contribution in [1.29, 1.82) is 0 Å². The summed E-state index contributed by atoms with van der Waals surface area (Å²) in [6.07, 6.45) is 2.62. The average molecular weight is 432 g/mol. The van der Waals surface area contributed by atoms with Gasteiger partial charge in [0.1, 0.15) is 11.6 Å². The van der Waals surface area contributed by atoms with E-state index in [0.29, 0.717) is 6.61 Å². The predicted octanol–water partition coefficient (Wildman–Crippen LogP) is 5.70. The number of methoxy groups -OCH3 is 1. The van der Waals surface area contributed by atoms with Crippen molar-refractivity contribution in [2.75, 3.05) is 19.0 Å². The van der Waals surface area contributed by atoms with Crippen molar-refractivity contribution in [3.05, 3.63) is 70.5 Å². The number of nitrogens with one attached hydrogen (secondary N) is 1. The standard InChI is InChI=1S/C27H33N3O2/c1-6-22-25(20-14-13-19(31-5)15-17(20)4)28-23(7-2)27(29-22)30-26-21-12-10-9-11-18(21)16-24(26)32-8-3/h9-15,24,26H,6-8,16H2,1-5H3,(H,29,30). The number of anilines is 1. The van der Waals surface area contributed by atoms with Crippen LogP contribution < -0.4 is 10.1 Å². The van der Waals surface area contributed by atoms with Gasteiger partial charge in [-0.2, -0.15) is 0 Å². The minimum absolute atomic E-state index is 0.0732. The monoisotopic (exact) mass is 431 g/mol. The van der Waals surface area contributed by atoms with Gasteiger partial charge < -0.3 is 14.8 Å². The Balaban J connectivity index is 1.74. The third-order valence-corrected chi connectivity index (χ3v) is 6.25. The van der Waals surface area contributed by atoms with E-state index >= 15 is 0 Å². The molecule has 2 aromatic carbocycles. The Bertz CT molecular complexity index is 1100. The maximum Gasteiger partial charge on any atom is 0.148 e. The van der Waals surface area contributed by atoms with E-state index in [1.165, 1.54) is 11.1 Å². The van der Waals surface area contributed by atoms with Gasteiger partial charge in [-0.25, -0.2) is 9.97 Å². The molecule has 3 aromatic rings. The van der Waals surface area contributed by atoms with Crippen molar-refractivity contribution < 1.29 is 9.47 Å². The van der Waals surface area contributed by atoms with Crippen molar-refractivity contribution in [1.82, 2.24) is 9.97 Å². The van der Waals surface area contributed by atoms with Crippen molar-refractivity contribution in [3.63, 3.8) is 0 Å². The molecule has 2 atom stereocenters. The highest BCUT2D eigenvalue weighted by Gasteiger charge is 2.33. The first kappa shape index (κ1) is 22.3. The lowest BCUT2D eigenvalue weighted by molar-refractivity contribution is 0.0573.